The van der Waals surface area contributed by atoms with Crippen LogP contribution in [0.25, 0.3) is 5.82 Å². The van der Waals surface area contributed by atoms with E-state index in [1.54, 1.807) is 33.9 Å². The van der Waals surface area contributed by atoms with E-state index in [1.807, 2.05) is 37.3 Å². The van der Waals surface area contributed by atoms with Gasteiger partial charge in [0.25, 0.3) is 5.56 Å². The molecule has 146 valence electrons. The summed E-state index contributed by atoms with van der Waals surface area (Å²) in [5.41, 5.74) is -0.0830. The van der Waals surface area contributed by atoms with Gasteiger partial charge in [0, 0.05) is 58.4 Å². The summed E-state index contributed by atoms with van der Waals surface area (Å²) in [6, 6.07) is 6.99. The summed E-state index contributed by atoms with van der Waals surface area (Å²) in [4.78, 5) is 25.5. The summed E-state index contributed by atoms with van der Waals surface area (Å²) in [6.45, 7) is 2.35. The number of anilines is 2. The van der Waals surface area contributed by atoms with Crippen LogP contribution in [0.5, 0.6) is 0 Å². The van der Waals surface area contributed by atoms with Gasteiger partial charge in [-0.1, -0.05) is 0 Å². The van der Waals surface area contributed by atoms with Gasteiger partial charge in [0.2, 0.25) is 5.95 Å². The zero-order chi connectivity index (χ0) is 19.5. The van der Waals surface area contributed by atoms with Gasteiger partial charge in [-0.2, -0.15) is 10.1 Å². The highest BCUT2D eigenvalue weighted by atomic mass is 16.1. The van der Waals surface area contributed by atoms with E-state index < -0.39 is 0 Å². The molecule has 0 radical (unpaired) electrons. The maximum Gasteiger partial charge on any atom is 0.266 e. The Balaban J connectivity index is 1.42. The van der Waals surface area contributed by atoms with Gasteiger partial charge < -0.3 is 9.80 Å². The molecule has 9 heteroatoms. The quantitative estimate of drug-likeness (QED) is 0.657. The fraction of sp³-hybridized carbons (Fsp3) is 0.421. The molecule has 0 aliphatic carbocycles. The molecular weight excluding hydrogens is 356 g/mol. The van der Waals surface area contributed by atoms with E-state index in [9.17, 15) is 4.79 Å². The first-order valence-electron chi connectivity index (χ1n) is 9.43. The van der Waals surface area contributed by atoms with Gasteiger partial charge >= 0.3 is 0 Å². The number of nitrogens with zero attached hydrogens (tertiary/aromatic N) is 8. The standard InChI is InChI=1S/C19H24N8O/c1-24(2)16-6-10-20-19(22-16)25-12-7-15(8-13-25)14-27-18(28)5-4-17(23-27)26-11-3-9-21-26/h3-6,9-11,15H,7-8,12-14H2,1-2H3. The van der Waals surface area contributed by atoms with Crippen molar-refractivity contribution in [1.29, 1.82) is 0 Å². The van der Waals surface area contributed by atoms with Gasteiger partial charge in [0.1, 0.15) is 5.82 Å². The Morgan fingerprint density at radius 3 is 2.68 bits per heavy atom. The summed E-state index contributed by atoms with van der Waals surface area (Å²) >= 11 is 0. The van der Waals surface area contributed by atoms with Crippen molar-refractivity contribution >= 4 is 11.8 Å². The lowest BCUT2D eigenvalue weighted by atomic mass is 9.97. The van der Waals surface area contributed by atoms with E-state index in [0.29, 0.717) is 18.3 Å². The predicted octanol–water partition coefficient (Wildman–Crippen LogP) is 1.20. The van der Waals surface area contributed by atoms with Gasteiger partial charge in [0.05, 0.1) is 0 Å². The Labute approximate surface area is 163 Å². The van der Waals surface area contributed by atoms with Crippen LogP contribution in [0.4, 0.5) is 11.8 Å². The van der Waals surface area contributed by atoms with E-state index in [-0.39, 0.29) is 5.56 Å². The zero-order valence-corrected chi connectivity index (χ0v) is 16.1. The molecule has 0 saturated carbocycles. The van der Waals surface area contributed by atoms with Crippen molar-refractivity contribution in [3.05, 3.63) is 53.2 Å². The van der Waals surface area contributed by atoms with E-state index in [1.165, 1.54) is 0 Å². The number of hydrogen-bond donors (Lipinski definition) is 0. The normalized spacial score (nSPS) is 15.0. The summed E-state index contributed by atoms with van der Waals surface area (Å²) in [7, 11) is 3.95. The molecule has 4 rings (SSSR count). The summed E-state index contributed by atoms with van der Waals surface area (Å²) in [5.74, 6) is 2.71. The SMILES string of the molecule is CN(C)c1ccnc(N2CCC(Cn3nc(-n4cccn4)ccc3=O)CC2)n1. The fourth-order valence-corrected chi connectivity index (χ4v) is 3.40. The van der Waals surface area contributed by atoms with E-state index in [4.69, 9.17) is 0 Å². The highest BCUT2D eigenvalue weighted by Gasteiger charge is 2.22. The Bertz CT molecular complexity index is 974. The molecule has 28 heavy (non-hydrogen) atoms. The molecule has 9 nitrogen and oxygen atoms in total. The van der Waals surface area contributed by atoms with E-state index in [2.05, 4.69) is 25.1 Å². The largest absolute Gasteiger partial charge is 0.363 e. The van der Waals surface area contributed by atoms with Crippen LogP contribution in [-0.4, -0.2) is 56.7 Å². The molecule has 0 amide bonds. The van der Waals surface area contributed by atoms with Gasteiger partial charge in [0.15, 0.2) is 5.82 Å². The molecule has 0 bridgehead atoms. The molecule has 1 aliphatic heterocycles. The van der Waals surface area contributed by atoms with Crippen molar-refractivity contribution in [1.82, 2.24) is 29.5 Å². The topological polar surface area (TPSA) is 85.0 Å². The summed E-state index contributed by atoms with van der Waals surface area (Å²) in [5, 5.41) is 8.66. The van der Waals surface area contributed by atoms with Crippen LogP contribution >= 0.6 is 0 Å². The molecular formula is C19H24N8O. The first-order valence-corrected chi connectivity index (χ1v) is 9.43. The van der Waals surface area contributed by atoms with Crippen LogP contribution in [0.2, 0.25) is 0 Å². The maximum atomic E-state index is 12.2. The highest BCUT2D eigenvalue weighted by Crippen LogP contribution is 2.22. The van der Waals surface area contributed by atoms with Crippen LogP contribution in [0, 0.1) is 5.92 Å². The lowest BCUT2D eigenvalue weighted by Gasteiger charge is -2.32. The van der Waals surface area contributed by atoms with Crippen LogP contribution in [0.15, 0.2) is 47.7 Å². The van der Waals surface area contributed by atoms with Gasteiger partial charge in [-0.3, -0.25) is 4.79 Å². The first kappa shape index (κ1) is 18.1. The Morgan fingerprint density at radius 1 is 1.14 bits per heavy atom. The monoisotopic (exact) mass is 380 g/mol. The Kier molecular flexibility index (Phi) is 5.05. The zero-order valence-electron chi connectivity index (χ0n) is 16.1. The first-order chi connectivity index (χ1) is 13.6. The number of aromatic nitrogens is 6. The predicted molar refractivity (Wildman–Crippen MR) is 107 cm³/mol. The van der Waals surface area contributed by atoms with E-state index in [0.717, 1.165) is 37.7 Å². The molecule has 1 saturated heterocycles. The Hall–Kier alpha value is -3.23. The van der Waals surface area contributed by atoms with Crippen molar-refractivity contribution in [3.8, 4) is 5.82 Å². The molecule has 0 aromatic carbocycles. The third-order valence-corrected chi connectivity index (χ3v) is 5.01. The number of hydrogen-bond acceptors (Lipinski definition) is 7. The lowest BCUT2D eigenvalue weighted by Crippen LogP contribution is -2.38. The molecule has 0 atom stereocenters. The number of piperidine rings is 1. The minimum atomic E-state index is -0.0830. The van der Waals surface area contributed by atoms with Crippen molar-refractivity contribution in [2.24, 2.45) is 5.92 Å². The minimum absolute atomic E-state index is 0.0830. The lowest BCUT2D eigenvalue weighted by molar-refractivity contribution is 0.333. The van der Waals surface area contributed by atoms with Crippen molar-refractivity contribution in [3.63, 3.8) is 0 Å². The van der Waals surface area contributed by atoms with Crippen molar-refractivity contribution < 1.29 is 0 Å². The maximum absolute atomic E-state index is 12.2. The average molecular weight is 380 g/mol. The summed E-state index contributed by atoms with van der Waals surface area (Å²) < 4.78 is 3.22. The highest BCUT2D eigenvalue weighted by molar-refractivity contribution is 5.42. The van der Waals surface area contributed by atoms with Crippen molar-refractivity contribution in [2.45, 2.75) is 19.4 Å². The van der Waals surface area contributed by atoms with Crippen molar-refractivity contribution in [2.75, 3.05) is 37.0 Å². The average Bonchev–Trinajstić information content (AvgIpc) is 3.25. The van der Waals surface area contributed by atoms with Gasteiger partial charge in [-0.25, -0.2) is 14.3 Å². The second-order valence-corrected chi connectivity index (χ2v) is 7.20. The minimum Gasteiger partial charge on any atom is -0.363 e. The van der Waals surface area contributed by atoms with Crippen LogP contribution in [0.1, 0.15) is 12.8 Å². The molecule has 1 fully saturated rings. The second-order valence-electron chi connectivity index (χ2n) is 7.20. The van der Waals surface area contributed by atoms with Crippen LogP contribution in [-0.2, 0) is 6.54 Å². The van der Waals surface area contributed by atoms with Gasteiger partial charge in [-0.05, 0) is 37.0 Å². The second kappa shape index (κ2) is 7.79. The third kappa shape index (κ3) is 3.88. The molecule has 0 spiro atoms. The smallest absolute Gasteiger partial charge is 0.266 e. The molecule has 1 aliphatic rings. The molecule has 0 N–H and O–H groups in total. The Morgan fingerprint density at radius 2 is 1.96 bits per heavy atom. The molecule has 3 aromatic heterocycles. The third-order valence-electron chi connectivity index (χ3n) is 5.01. The van der Waals surface area contributed by atoms with Crippen LogP contribution in [0.3, 0.4) is 0 Å². The van der Waals surface area contributed by atoms with E-state index >= 15 is 0 Å². The molecule has 4 heterocycles. The van der Waals surface area contributed by atoms with Gasteiger partial charge in [-0.15, -0.1) is 5.10 Å². The molecule has 3 aromatic rings. The molecule has 0 unspecified atom stereocenters. The van der Waals surface area contributed by atoms with Crippen LogP contribution < -0.4 is 15.4 Å². The summed E-state index contributed by atoms with van der Waals surface area (Å²) in [6.07, 6.45) is 7.25. The fourth-order valence-electron chi connectivity index (χ4n) is 3.40. The number of rotatable bonds is 5.